The number of aromatic nitrogens is 2. The summed E-state index contributed by atoms with van der Waals surface area (Å²) in [6.07, 6.45) is 9.59. The van der Waals surface area contributed by atoms with Gasteiger partial charge in [0, 0.05) is 24.3 Å². The van der Waals surface area contributed by atoms with Gasteiger partial charge in [-0.2, -0.15) is 5.10 Å². The molecular formula is C10H15BrN2. The summed E-state index contributed by atoms with van der Waals surface area (Å²) >= 11 is 3.39. The molecule has 1 heterocycles. The molecule has 3 heteroatoms. The van der Waals surface area contributed by atoms with Gasteiger partial charge in [-0.3, -0.25) is 4.68 Å². The molecule has 72 valence electrons. The molecule has 0 aliphatic carbocycles. The molecular weight excluding hydrogens is 228 g/mol. The van der Waals surface area contributed by atoms with Gasteiger partial charge in [-0.25, -0.2) is 0 Å². The first-order chi connectivity index (χ1) is 6.34. The van der Waals surface area contributed by atoms with Gasteiger partial charge in [0.1, 0.15) is 0 Å². The van der Waals surface area contributed by atoms with E-state index in [4.69, 9.17) is 0 Å². The smallest absolute Gasteiger partial charge is 0.0492 e. The third-order valence-corrected chi connectivity index (χ3v) is 2.39. The van der Waals surface area contributed by atoms with Crippen LogP contribution < -0.4 is 0 Å². The van der Waals surface area contributed by atoms with Crippen LogP contribution in [0.25, 0.3) is 0 Å². The lowest BCUT2D eigenvalue weighted by Crippen LogP contribution is -1.96. The molecule has 0 aliphatic heterocycles. The van der Waals surface area contributed by atoms with E-state index >= 15 is 0 Å². The average molecular weight is 243 g/mol. The van der Waals surface area contributed by atoms with Crippen molar-refractivity contribution in [2.75, 3.05) is 5.33 Å². The van der Waals surface area contributed by atoms with E-state index in [1.807, 2.05) is 17.9 Å². The molecule has 0 spiro atoms. The van der Waals surface area contributed by atoms with Crippen molar-refractivity contribution in [1.82, 2.24) is 9.78 Å². The Morgan fingerprint density at radius 1 is 1.46 bits per heavy atom. The molecule has 1 aromatic rings. The molecule has 1 rings (SSSR count). The van der Waals surface area contributed by atoms with Crippen molar-refractivity contribution in [2.45, 2.75) is 19.3 Å². The minimum absolute atomic E-state index is 1.05. The Labute approximate surface area is 87.8 Å². The fourth-order valence-corrected chi connectivity index (χ4v) is 1.44. The Balaban J connectivity index is 2.24. The van der Waals surface area contributed by atoms with Crippen LogP contribution in [0.4, 0.5) is 0 Å². The quantitative estimate of drug-likeness (QED) is 0.574. The van der Waals surface area contributed by atoms with Crippen molar-refractivity contribution >= 4 is 15.9 Å². The van der Waals surface area contributed by atoms with Gasteiger partial charge in [0.2, 0.25) is 0 Å². The number of rotatable bonds is 5. The predicted octanol–water partition coefficient (Wildman–Crippen LogP) is 2.69. The van der Waals surface area contributed by atoms with Crippen molar-refractivity contribution in [3.8, 4) is 0 Å². The Kier molecular flexibility index (Phi) is 4.83. The maximum Gasteiger partial charge on any atom is 0.0492 e. The summed E-state index contributed by atoms with van der Waals surface area (Å²) < 4.78 is 1.93. The van der Waals surface area contributed by atoms with Crippen LogP contribution in [0.15, 0.2) is 24.4 Å². The Bertz CT molecular complexity index is 266. The lowest BCUT2D eigenvalue weighted by molar-refractivity contribution is 0.706. The highest BCUT2D eigenvalue weighted by Gasteiger charge is 1.94. The molecule has 0 saturated heterocycles. The first kappa shape index (κ1) is 10.5. The number of aryl methyl sites for hydroxylation is 2. The molecule has 1 aromatic heterocycles. The number of halogens is 1. The fourth-order valence-electron chi connectivity index (χ4n) is 1.18. The van der Waals surface area contributed by atoms with Gasteiger partial charge in [-0.05, 0) is 25.3 Å². The van der Waals surface area contributed by atoms with Crippen molar-refractivity contribution in [2.24, 2.45) is 7.05 Å². The van der Waals surface area contributed by atoms with Crippen LogP contribution >= 0.6 is 15.9 Å². The molecule has 0 radical (unpaired) electrons. The number of hydrogen-bond acceptors (Lipinski definition) is 1. The maximum atomic E-state index is 4.12. The third kappa shape index (κ3) is 3.77. The topological polar surface area (TPSA) is 17.8 Å². The van der Waals surface area contributed by atoms with E-state index in [1.54, 1.807) is 0 Å². The maximum absolute atomic E-state index is 4.12. The van der Waals surface area contributed by atoms with Crippen molar-refractivity contribution < 1.29 is 0 Å². The van der Waals surface area contributed by atoms with Gasteiger partial charge in [0.25, 0.3) is 0 Å². The molecule has 0 fully saturated rings. The van der Waals surface area contributed by atoms with Gasteiger partial charge in [0.15, 0.2) is 0 Å². The van der Waals surface area contributed by atoms with Crippen LogP contribution in [-0.2, 0) is 13.5 Å². The summed E-state index contributed by atoms with van der Waals surface area (Å²) in [6, 6.07) is 2.07. The highest BCUT2D eigenvalue weighted by atomic mass is 79.9. The Morgan fingerprint density at radius 2 is 2.23 bits per heavy atom. The van der Waals surface area contributed by atoms with Gasteiger partial charge in [-0.1, -0.05) is 28.1 Å². The molecule has 0 N–H and O–H groups in total. The SMILES string of the molecule is Cn1nccc1CC/C=C/CCBr. The third-order valence-electron chi connectivity index (χ3n) is 1.93. The summed E-state index contributed by atoms with van der Waals surface area (Å²) in [5.74, 6) is 0. The largest absolute Gasteiger partial charge is 0.273 e. The van der Waals surface area contributed by atoms with E-state index in [-0.39, 0.29) is 0 Å². The van der Waals surface area contributed by atoms with E-state index in [0.29, 0.717) is 0 Å². The molecule has 2 nitrogen and oxygen atoms in total. The molecule has 0 unspecified atom stereocenters. The number of hydrogen-bond donors (Lipinski definition) is 0. The van der Waals surface area contributed by atoms with E-state index in [2.05, 4.69) is 39.2 Å². The molecule has 0 aromatic carbocycles. The molecule has 0 saturated carbocycles. The van der Waals surface area contributed by atoms with Gasteiger partial charge >= 0.3 is 0 Å². The van der Waals surface area contributed by atoms with E-state index < -0.39 is 0 Å². The van der Waals surface area contributed by atoms with E-state index in [0.717, 1.165) is 24.6 Å². The summed E-state index contributed by atoms with van der Waals surface area (Å²) in [7, 11) is 1.98. The monoisotopic (exact) mass is 242 g/mol. The lowest BCUT2D eigenvalue weighted by atomic mass is 10.2. The minimum Gasteiger partial charge on any atom is -0.273 e. The minimum atomic E-state index is 1.05. The van der Waals surface area contributed by atoms with Crippen LogP contribution in [0.5, 0.6) is 0 Å². The summed E-state index contributed by atoms with van der Waals surface area (Å²) in [6.45, 7) is 0. The second-order valence-corrected chi connectivity index (χ2v) is 3.73. The van der Waals surface area contributed by atoms with Crippen LogP contribution in [0, 0.1) is 0 Å². The Hall–Kier alpha value is -0.570. The highest BCUT2D eigenvalue weighted by Crippen LogP contribution is 2.01. The van der Waals surface area contributed by atoms with E-state index in [1.165, 1.54) is 5.69 Å². The predicted molar refractivity (Wildman–Crippen MR) is 59.1 cm³/mol. The van der Waals surface area contributed by atoms with Crippen molar-refractivity contribution in [3.05, 3.63) is 30.1 Å². The molecule has 0 aliphatic rings. The zero-order valence-electron chi connectivity index (χ0n) is 7.91. The number of nitrogens with zero attached hydrogens (tertiary/aromatic N) is 2. The first-order valence-corrected chi connectivity index (χ1v) is 5.64. The van der Waals surface area contributed by atoms with Crippen molar-refractivity contribution in [3.63, 3.8) is 0 Å². The van der Waals surface area contributed by atoms with Gasteiger partial charge in [-0.15, -0.1) is 0 Å². The lowest BCUT2D eigenvalue weighted by Gasteiger charge is -1.97. The first-order valence-electron chi connectivity index (χ1n) is 4.52. The number of allylic oxidation sites excluding steroid dienone is 2. The second kappa shape index (κ2) is 5.97. The zero-order chi connectivity index (χ0) is 9.52. The molecule has 0 atom stereocenters. The normalized spacial score (nSPS) is 11.2. The number of alkyl halides is 1. The molecule has 0 bridgehead atoms. The Morgan fingerprint density at radius 3 is 2.85 bits per heavy atom. The summed E-state index contributed by atoms with van der Waals surface area (Å²) in [5, 5.41) is 5.17. The van der Waals surface area contributed by atoms with Gasteiger partial charge < -0.3 is 0 Å². The van der Waals surface area contributed by atoms with E-state index in [9.17, 15) is 0 Å². The van der Waals surface area contributed by atoms with Gasteiger partial charge in [0.05, 0.1) is 0 Å². The van der Waals surface area contributed by atoms with Crippen LogP contribution in [0.1, 0.15) is 18.5 Å². The van der Waals surface area contributed by atoms with Crippen LogP contribution in [-0.4, -0.2) is 15.1 Å². The van der Waals surface area contributed by atoms with Crippen LogP contribution in [0.3, 0.4) is 0 Å². The summed E-state index contributed by atoms with van der Waals surface area (Å²) in [5.41, 5.74) is 1.29. The van der Waals surface area contributed by atoms with Crippen LogP contribution in [0.2, 0.25) is 0 Å². The average Bonchev–Trinajstić information content (AvgIpc) is 2.52. The summed E-state index contributed by atoms with van der Waals surface area (Å²) in [4.78, 5) is 0. The molecule has 0 amide bonds. The second-order valence-electron chi connectivity index (χ2n) is 2.93. The molecule has 13 heavy (non-hydrogen) atoms. The fraction of sp³-hybridized carbons (Fsp3) is 0.500. The standard InChI is InChI=1S/C10H15BrN2/c1-13-10(7-9-12-13)6-4-2-3-5-8-11/h2-3,7,9H,4-6,8H2,1H3/b3-2+. The zero-order valence-corrected chi connectivity index (χ0v) is 9.50. The van der Waals surface area contributed by atoms with Crippen molar-refractivity contribution in [1.29, 1.82) is 0 Å². The highest BCUT2D eigenvalue weighted by molar-refractivity contribution is 9.09.